The van der Waals surface area contributed by atoms with Crippen LogP contribution in [0, 0.1) is 12.7 Å². The minimum absolute atomic E-state index is 0.0629. The van der Waals surface area contributed by atoms with E-state index in [4.69, 9.17) is 4.52 Å². The quantitative estimate of drug-likeness (QED) is 0.870. The maximum Gasteiger partial charge on any atom is 0.273 e. The molecule has 0 radical (unpaired) electrons. The average molecular weight is 345 g/mol. The summed E-state index contributed by atoms with van der Waals surface area (Å²) >= 11 is 0. The Morgan fingerprint density at radius 1 is 1.44 bits per heavy atom. The lowest BCUT2D eigenvalue weighted by molar-refractivity contribution is -0.129. The van der Waals surface area contributed by atoms with Gasteiger partial charge >= 0.3 is 0 Å². The van der Waals surface area contributed by atoms with E-state index >= 15 is 0 Å². The van der Waals surface area contributed by atoms with Crippen LogP contribution in [0.1, 0.15) is 34.7 Å². The lowest BCUT2D eigenvalue weighted by Gasteiger charge is -2.28. The van der Waals surface area contributed by atoms with Gasteiger partial charge in [0.1, 0.15) is 11.6 Å². The highest BCUT2D eigenvalue weighted by atomic mass is 19.1. The molecule has 1 N–H and O–H groups in total. The first-order chi connectivity index (χ1) is 12.0. The number of carbonyl (C=O) groups excluding carboxylic acids is 2. The van der Waals surface area contributed by atoms with Crippen LogP contribution in [0.5, 0.6) is 0 Å². The third-order valence-electron chi connectivity index (χ3n) is 4.27. The molecule has 1 aromatic carbocycles. The minimum atomic E-state index is -0.354. The molecule has 2 amide bonds. The van der Waals surface area contributed by atoms with Crippen molar-refractivity contribution in [1.82, 2.24) is 15.4 Å². The third-order valence-corrected chi connectivity index (χ3v) is 4.27. The molecule has 0 unspecified atom stereocenters. The summed E-state index contributed by atoms with van der Waals surface area (Å²) in [5, 5.41) is 6.48. The molecule has 1 saturated heterocycles. The minimum Gasteiger partial charge on any atom is -0.361 e. The van der Waals surface area contributed by atoms with Crippen molar-refractivity contribution in [1.29, 1.82) is 0 Å². The third kappa shape index (κ3) is 4.23. The fraction of sp³-hybridized carbons (Fsp3) is 0.389. The number of hydrogen-bond donors (Lipinski definition) is 1. The molecule has 132 valence electrons. The molecule has 6 nitrogen and oxygen atoms in total. The van der Waals surface area contributed by atoms with Crippen molar-refractivity contribution >= 4 is 11.8 Å². The molecule has 1 aliphatic heterocycles. The molecule has 25 heavy (non-hydrogen) atoms. The summed E-state index contributed by atoms with van der Waals surface area (Å²) in [4.78, 5) is 26.0. The van der Waals surface area contributed by atoms with Crippen molar-refractivity contribution in [3.05, 3.63) is 53.2 Å². The van der Waals surface area contributed by atoms with Gasteiger partial charge in [-0.2, -0.15) is 0 Å². The van der Waals surface area contributed by atoms with E-state index in [1.807, 2.05) is 6.07 Å². The Balaban J connectivity index is 1.70. The highest BCUT2D eigenvalue weighted by Crippen LogP contribution is 2.17. The summed E-state index contributed by atoms with van der Waals surface area (Å²) in [5.74, 6) is -0.0528. The Hall–Kier alpha value is -2.70. The number of hydrogen-bond acceptors (Lipinski definition) is 4. The van der Waals surface area contributed by atoms with Crippen molar-refractivity contribution in [3.63, 3.8) is 0 Å². The number of benzene rings is 1. The normalized spacial score (nSPS) is 15.4. The molecule has 3 rings (SSSR count). The molecule has 1 fully saturated rings. The largest absolute Gasteiger partial charge is 0.361 e. The Morgan fingerprint density at radius 3 is 2.92 bits per heavy atom. The fourth-order valence-corrected chi connectivity index (χ4v) is 3.06. The number of carbonyl (C=O) groups is 2. The number of likely N-dealkylation sites (tertiary alicyclic amines) is 1. The summed E-state index contributed by atoms with van der Waals surface area (Å²) in [7, 11) is 0. The number of aromatic nitrogens is 1. The van der Waals surface area contributed by atoms with Gasteiger partial charge in [-0.25, -0.2) is 4.39 Å². The van der Waals surface area contributed by atoms with E-state index < -0.39 is 0 Å². The molecule has 0 spiro atoms. The molecular formula is C18H20FN3O3. The number of amides is 2. The second-order valence-corrected chi connectivity index (χ2v) is 6.21. The van der Waals surface area contributed by atoms with Gasteiger partial charge in [-0.05, 0) is 37.5 Å². The second-order valence-electron chi connectivity index (χ2n) is 6.21. The zero-order chi connectivity index (χ0) is 17.8. The first-order valence-corrected chi connectivity index (χ1v) is 8.28. The summed E-state index contributed by atoms with van der Waals surface area (Å²) in [6.07, 6.45) is 1.78. The van der Waals surface area contributed by atoms with Gasteiger partial charge in [0, 0.05) is 25.6 Å². The predicted octanol–water partition coefficient (Wildman–Crippen LogP) is 2.09. The van der Waals surface area contributed by atoms with Crippen LogP contribution in [-0.2, 0) is 11.2 Å². The predicted molar refractivity (Wildman–Crippen MR) is 88.4 cm³/mol. The van der Waals surface area contributed by atoms with E-state index in [-0.39, 0.29) is 35.9 Å². The van der Waals surface area contributed by atoms with Crippen LogP contribution in [0.15, 0.2) is 34.9 Å². The van der Waals surface area contributed by atoms with E-state index in [0.717, 1.165) is 12.0 Å². The van der Waals surface area contributed by atoms with E-state index in [1.54, 1.807) is 24.0 Å². The zero-order valence-electron chi connectivity index (χ0n) is 14.0. The van der Waals surface area contributed by atoms with Crippen LogP contribution in [0.25, 0.3) is 0 Å². The smallest absolute Gasteiger partial charge is 0.273 e. The lowest BCUT2D eigenvalue weighted by Crippen LogP contribution is -2.45. The van der Waals surface area contributed by atoms with E-state index in [9.17, 15) is 14.0 Å². The van der Waals surface area contributed by atoms with E-state index in [2.05, 4.69) is 10.5 Å². The molecule has 0 aliphatic carbocycles. The highest BCUT2D eigenvalue weighted by molar-refractivity contribution is 5.92. The highest BCUT2D eigenvalue weighted by Gasteiger charge is 2.28. The standard InChI is InChI=1S/C18H20FN3O3/c1-12-8-16(21-25-12)18(24)20-11-15(22-7-3-6-17(22)23)10-13-4-2-5-14(19)9-13/h2,4-5,8-9,15H,3,6-7,10-11H2,1H3,(H,20,24)/t15-/m0/s1. The van der Waals surface area contributed by atoms with Gasteiger partial charge < -0.3 is 14.7 Å². The van der Waals surface area contributed by atoms with Crippen molar-refractivity contribution in [2.45, 2.75) is 32.2 Å². The van der Waals surface area contributed by atoms with Crippen molar-refractivity contribution in [2.75, 3.05) is 13.1 Å². The monoisotopic (exact) mass is 345 g/mol. The summed E-state index contributed by atoms with van der Waals surface area (Å²) in [6, 6.07) is 7.63. The van der Waals surface area contributed by atoms with Gasteiger partial charge in [0.25, 0.3) is 5.91 Å². The number of halogens is 1. The maximum atomic E-state index is 13.4. The summed E-state index contributed by atoms with van der Waals surface area (Å²) < 4.78 is 18.3. The van der Waals surface area contributed by atoms with Gasteiger partial charge in [-0.15, -0.1) is 0 Å². The average Bonchev–Trinajstić information content (AvgIpc) is 3.20. The van der Waals surface area contributed by atoms with E-state index in [0.29, 0.717) is 25.1 Å². The number of nitrogens with one attached hydrogen (secondary N) is 1. The second kappa shape index (κ2) is 7.46. The lowest BCUT2D eigenvalue weighted by atomic mass is 10.0. The molecule has 7 heteroatoms. The van der Waals surface area contributed by atoms with Crippen molar-refractivity contribution in [3.8, 4) is 0 Å². The Bertz CT molecular complexity index is 774. The van der Waals surface area contributed by atoms with Gasteiger partial charge in [-0.1, -0.05) is 17.3 Å². The topological polar surface area (TPSA) is 75.4 Å². The Morgan fingerprint density at radius 2 is 2.28 bits per heavy atom. The van der Waals surface area contributed by atoms with Gasteiger partial charge in [0.05, 0.1) is 6.04 Å². The van der Waals surface area contributed by atoms with Crippen molar-refractivity contribution in [2.24, 2.45) is 0 Å². The van der Waals surface area contributed by atoms with Crippen LogP contribution < -0.4 is 5.32 Å². The number of nitrogens with zero attached hydrogens (tertiary/aromatic N) is 2. The van der Waals surface area contributed by atoms with Crippen LogP contribution in [0.4, 0.5) is 4.39 Å². The molecular weight excluding hydrogens is 325 g/mol. The van der Waals surface area contributed by atoms with Crippen LogP contribution in [0.2, 0.25) is 0 Å². The molecule has 1 aliphatic rings. The molecule has 0 bridgehead atoms. The summed E-state index contributed by atoms with van der Waals surface area (Å²) in [5.41, 5.74) is 0.992. The van der Waals surface area contributed by atoms with Crippen LogP contribution in [-0.4, -0.2) is 41.0 Å². The van der Waals surface area contributed by atoms with Crippen LogP contribution >= 0.6 is 0 Å². The first-order valence-electron chi connectivity index (χ1n) is 8.28. The van der Waals surface area contributed by atoms with E-state index in [1.165, 1.54) is 12.1 Å². The van der Waals surface area contributed by atoms with Gasteiger partial charge in [0.15, 0.2) is 5.69 Å². The molecule has 2 aromatic rings. The molecule has 0 saturated carbocycles. The number of rotatable bonds is 6. The molecule has 2 heterocycles. The maximum absolute atomic E-state index is 13.4. The fourth-order valence-electron chi connectivity index (χ4n) is 3.06. The molecule has 1 atom stereocenters. The Kier molecular flexibility index (Phi) is 5.11. The number of aryl methyl sites for hydroxylation is 1. The summed E-state index contributed by atoms with van der Waals surface area (Å²) in [6.45, 7) is 2.63. The SMILES string of the molecule is Cc1cc(C(=O)NC[C@H](Cc2cccc(F)c2)N2CCCC2=O)no1. The van der Waals surface area contributed by atoms with Gasteiger partial charge in [-0.3, -0.25) is 9.59 Å². The Labute approximate surface area is 145 Å². The molecule has 1 aromatic heterocycles. The van der Waals surface area contributed by atoms with Crippen LogP contribution in [0.3, 0.4) is 0 Å². The van der Waals surface area contributed by atoms with Crippen molar-refractivity contribution < 1.29 is 18.5 Å². The zero-order valence-corrected chi connectivity index (χ0v) is 14.0. The first kappa shape index (κ1) is 17.1. The van der Waals surface area contributed by atoms with Gasteiger partial charge in [0.2, 0.25) is 5.91 Å².